The van der Waals surface area contributed by atoms with Crippen LogP contribution in [0.4, 0.5) is 8.78 Å². The zero-order chi connectivity index (χ0) is 13.0. The van der Waals surface area contributed by atoms with Gasteiger partial charge in [0.25, 0.3) is 0 Å². The highest BCUT2D eigenvalue weighted by Gasteiger charge is 2.09. The highest BCUT2D eigenvalue weighted by atomic mass is 19.2. The van der Waals surface area contributed by atoms with Crippen LogP contribution in [-0.4, -0.2) is 10.8 Å². The van der Waals surface area contributed by atoms with Crippen molar-refractivity contribution >= 4 is 5.78 Å². The Balaban J connectivity index is 2.02. The quantitative estimate of drug-likeness (QED) is 0.777. The first-order valence-corrected chi connectivity index (χ1v) is 5.54. The van der Waals surface area contributed by atoms with Crippen molar-refractivity contribution < 1.29 is 13.6 Å². The van der Waals surface area contributed by atoms with Gasteiger partial charge in [0.2, 0.25) is 0 Å². The molecule has 2 nitrogen and oxygen atoms in total. The largest absolute Gasteiger partial charge is 0.294 e. The molecule has 1 heterocycles. The molecule has 4 heteroatoms. The molecule has 2 aromatic rings. The minimum atomic E-state index is -0.998. The average molecular weight is 247 g/mol. The zero-order valence-corrected chi connectivity index (χ0v) is 9.57. The summed E-state index contributed by atoms with van der Waals surface area (Å²) in [5.41, 5.74) is 1.13. The van der Waals surface area contributed by atoms with E-state index in [0.717, 1.165) is 17.7 Å². The summed E-state index contributed by atoms with van der Waals surface area (Å²) in [6, 6.07) is 6.85. The van der Waals surface area contributed by atoms with Gasteiger partial charge in [-0.15, -0.1) is 0 Å². The highest BCUT2D eigenvalue weighted by Crippen LogP contribution is 2.12. The number of ketones is 1. The minimum Gasteiger partial charge on any atom is -0.294 e. The molecular formula is C14H11F2NO. The molecule has 0 amide bonds. The smallest absolute Gasteiger partial charge is 0.163 e. The van der Waals surface area contributed by atoms with Crippen molar-refractivity contribution in [2.75, 3.05) is 0 Å². The van der Waals surface area contributed by atoms with Gasteiger partial charge < -0.3 is 0 Å². The first-order chi connectivity index (χ1) is 8.66. The lowest BCUT2D eigenvalue weighted by atomic mass is 10.0. The molecule has 0 saturated heterocycles. The van der Waals surface area contributed by atoms with Crippen molar-refractivity contribution in [3.63, 3.8) is 0 Å². The SMILES string of the molecule is O=C(CCc1cccnc1)c1ccc(F)c(F)c1. The number of aromatic nitrogens is 1. The molecule has 0 radical (unpaired) electrons. The molecule has 0 aliphatic rings. The van der Waals surface area contributed by atoms with Gasteiger partial charge in [-0.25, -0.2) is 8.78 Å². The van der Waals surface area contributed by atoms with Crippen LogP contribution in [0.15, 0.2) is 42.7 Å². The summed E-state index contributed by atoms with van der Waals surface area (Å²) in [6.45, 7) is 0. The van der Waals surface area contributed by atoms with E-state index in [4.69, 9.17) is 0 Å². The Hall–Kier alpha value is -2.10. The second kappa shape index (κ2) is 5.49. The Kier molecular flexibility index (Phi) is 3.77. The monoisotopic (exact) mass is 247 g/mol. The summed E-state index contributed by atoms with van der Waals surface area (Å²) in [6.07, 6.45) is 4.11. The van der Waals surface area contributed by atoms with Gasteiger partial charge in [-0.3, -0.25) is 9.78 Å². The van der Waals surface area contributed by atoms with E-state index < -0.39 is 11.6 Å². The van der Waals surface area contributed by atoms with Crippen molar-refractivity contribution in [2.24, 2.45) is 0 Å². The van der Waals surface area contributed by atoms with E-state index in [2.05, 4.69) is 4.98 Å². The van der Waals surface area contributed by atoms with E-state index >= 15 is 0 Å². The van der Waals surface area contributed by atoms with E-state index in [0.29, 0.717) is 6.42 Å². The van der Waals surface area contributed by atoms with Crippen LogP contribution >= 0.6 is 0 Å². The number of pyridine rings is 1. The summed E-state index contributed by atoms with van der Waals surface area (Å²) in [4.78, 5) is 15.7. The summed E-state index contributed by atoms with van der Waals surface area (Å²) < 4.78 is 25.7. The third kappa shape index (κ3) is 2.97. The highest BCUT2D eigenvalue weighted by molar-refractivity contribution is 5.96. The van der Waals surface area contributed by atoms with Gasteiger partial charge in [-0.2, -0.15) is 0 Å². The molecule has 0 unspecified atom stereocenters. The molecule has 0 fully saturated rings. The van der Waals surface area contributed by atoms with Crippen molar-refractivity contribution in [3.05, 3.63) is 65.5 Å². The molecule has 0 aliphatic carbocycles. The van der Waals surface area contributed by atoms with Crippen LogP contribution in [0.2, 0.25) is 0 Å². The number of hydrogen-bond donors (Lipinski definition) is 0. The number of rotatable bonds is 4. The minimum absolute atomic E-state index is 0.192. The van der Waals surface area contributed by atoms with Crippen molar-refractivity contribution in [2.45, 2.75) is 12.8 Å². The lowest BCUT2D eigenvalue weighted by Gasteiger charge is -2.02. The molecule has 0 saturated carbocycles. The predicted molar refractivity (Wildman–Crippen MR) is 63.2 cm³/mol. The van der Waals surface area contributed by atoms with Crippen LogP contribution in [0.25, 0.3) is 0 Å². The first kappa shape index (κ1) is 12.4. The second-order valence-electron chi connectivity index (χ2n) is 3.91. The van der Waals surface area contributed by atoms with Crippen LogP contribution in [0.3, 0.4) is 0 Å². The first-order valence-electron chi connectivity index (χ1n) is 5.54. The van der Waals surface area contributed by atoms with Crippen LogP contribution in [0.5, 0.6) is 0 Å². The second-order valence-corrected chi connectivity index (χ2v) is 3.91. The van der Waals surface area contributed by atoms with E-state index in [1.165, 1.54) is 6.07 Å². The van der Waals surface area contributed by atoms with Gasteiger partial charge in [-0.05, 0) is 36.2 Å². The molecule has 0 aliphatic heterocycles. The molecule has 1 aromatic carbocycles. The topological polar surface area (TPSA) is 30.0 Å². The fourth-order valence-corrected chi connectivity index (χ4v) is 1.62. The molecule has 18 heavy (non-hydrogen) atoms. The van der Waals surface area contributed by atoms with Crippen molar-refractivity contribution in [1.29, 1.82) is 0 Å². The lowest BCUT2D eigenvalue weighted by molar-refractivity contribution is 0.0982. The van der Waals surface area contributed by atoms with Gasteiger partial charge in [0.1, 0.15) is 0 Å². The van der Waals surface area contributed by atoms with Gasteiger partial charge in [0.15, 0.2) is 17.4 Å². The molecule has 0 bridgehead atoms. The van der Waals surface area contributed by atoms with E-state index in [-0.39, 0.29) is 17.8 Å². The van der Waals surface area contributed by atoms with E-state index in [1.807, 2.05) is 6.07 Å². The average Bonchev–Trinajstić information content (AvgIpc) is 2.40. The van der Waals surface area contributed by atoms with Gasteiger partial charge >= 0.3 is 0 Å². The third-order valence-corrected chi connectivity index (χ3v) is 2.61. The number of carbonyl (C=O) groups excluding carboxylic acids is 1. The van der Waals surface area contributed by atoms with Crippen LogP contribution in [0.1, 0.15) is 22.3 Å². The maximum atomic E-state index is 13.0. The van der Waals surface area contributed by atoms with Gasteiger partial charge in [-0.1, -0.05) is 6.07 Å². The molecule has 2 rings (SSSR count). The maximum Gasteiger partial charge on any atom is 0.163 e. The number of nitrogens with zero attached hydrogens (tertiary/aromatic N) is 1. The Labute approximate surface area is 103 Å². The summed E-state index contributed by atoms with van der Waals surface area (Å²) >= 11 is 0. The summed E-state index contributed by atoms with van der Waals surface area (Å²) in [5, 5.41) is 0. The molecule has 92 valence electrons. The van der Waals surface area contributed by atoms with E-state index in [1.54, 1.807) is 18.5 Å². The maximum absolute atomic E-state index is 13.0. The number of carbonyl (C=O) groups is 1. The molecule has 1 aromatic heterocycles. The fraction of sp³-hybridized carbons (Fsp3) is 0.143. The summed E-state index contributed by atoms with van der Waals surface area (Å²) in [5.74, 6) is -2.15. The molecule has 0 atom stereocenters. The Bertz CT molecular complexity index is 555. The van der Waals surface area contributed by atoms with Crippen molar-refractivity contribution in [1.82, 2.24) is 4.98 Å². The summed E-state index contributed by atoms with van der Waals surface area (Å²) in [7, 11) is 0. The Morgan fingerprint density at radius 3 is 2.67 bits per heavy atom. The molecule has 0 N–H and O–H groups in total. The third-order valence-electron chi connectivity index (χ3n) is 2.61. The fourth-order valence-electron chi connectivity index (χ4n) is 1.62. The Morgan fingerprint density at radius 1 is 1.17 bits per heavy atom. The van der Waals surface area contributed by atoms with Crippen molar-refractivity contribution in [3.8, 4) is 0 Å². The number of aryl methyl sites for hydroxylation is 1. The van der Waals surface area contributed by atoms with Crippen LogP contribution in [0, 0.1) is 11.6 Å². The lowest BCUT2D eigenvalue weighted by Crippen LogP contribution is -2.02. The predicted octanol–water partition coefficient (Wildman–Crippen LogP) is 3.18. The number of benzene rings is 1. The van der Waals surface area contributed by atoms with Crippen LogP contribution < -0.4 is 0 Å². The Morgan fingerprint density at radius 2 is 2.00 bits per heavy atom. The molecular weight excluding hydrogens is 236 g/mol. The number of Topliss-reactive ketones (excluding diaryl/α,β-unsaturated/α-hetero) is 1. The number of halogens is 2. The molecule has 0 spiro atoms. The standard InChI is InChI=1S/C14H11F2NO/c15-12-5-4-11(8-13(12)16)14(18)6-3-10-2-1-7-17-9-10/h1-2,4-5,7-9H,3,6H2. The zero-order valence-electron chi connectivity index (χ0n) is 9.57. The number of hydrogen-bond acceptors (Lipinski definition) is 2. The van der Waals surface area contributed by atoms with E-state index in [9.17, 15) is 13.6 Å². The normalized spacial score (nSPS) is 10.3. The van der Waals surface area contributed by atoms with Gasteiger partial charge in [0.05, 0.1) is 0 Å². The van der Waals surface area contributed by atoms with Crippen LogP contribution in [-0.2, 0) is 6.42 Å². The van der Waals surface area contributed by atoms with Gasteiger partial charge in [0, 0.05) is 24.4 Å².